The number of esters is 1. The second-order valence-electron chi connectivity index (χ2n) is 39.1. The summed E-state index contributed by atoms with van der Waals surface area (Å²) < 4.78 is 52.4. The molecule has 8 amide bonds. The van der Waals surface area contributed by atoms with E-state index < -0.39 is 146 Å². The maximum absolute atomic E-state index is 15.4. The molecular weight excluding hydrogens is 1680 g/mol. The molecule has 7 atom stereocenters. The number of carbonyl (C=O) groups excluding carboxylic acids is 9. The molecule has 5 aliphatic rings. The van der Waals surface area contributed by atoms with E-state index in [1.54, 1.807) is 57.2 Å². The van der Waals surface area contributed by atoms with Crippen LogP contribution in [0.15, 0.2) is 115 Å². The SMILES string of the molecule is COc1cc2cc(c1Cl)N(C)C(=O)C[C@H](OC(=O)[C@H](C)N(C)C(=O)CCN(CCO[Si](C)(C)C(C)(C)C)C(=O)CN(CCO[Si](C)(C)C(C)(C)C)C(=O)CN(CCO[Si](C)(C)C(C)(C)C)C(=O)CNC(=O)CCn1c(CN(C)N(C)C(=O)OCC3c4ccccc4-c4ccccc43)cc3ccccc31)[C@@]1(C)CC(C)(O1)[C@@H]1C[C@@](O)(NC(=O)O1)[C@H](O)/C=C/C=C(\C)C2. The Balaban J connectivity index is 0.915. The summed E-state index contributed by atoms with van der Waals surface area (Å²) in [5.41, 5.74) is 2.88. The summed E-state index contributed by atoms with van der Waals surface area (Å²) in [6.07, 6.45) is -1.91. The molecule has 5 heterocycles. The summed E-state index contributed by atoms with van der Waals surface area (Å²) in [6, 6.07) is 28.3. The number of para-hydroxylation sites is 1. The zero-order valence-electron chi connectivity index (χ0n) is 78.5. The smallest absolute Gasteiger partial charge is 0.424 e. The number of amides is 8. The predicted molar refractivity (Wildman–Crippen MR) is 494 cm³/mol. The molecule has 10 rings (SSSR count). The molecule has 0 radical (unpaired) electrons. The Hall–Kier alpha value is -8.81. The Bertz CT molecular complexity index is 4790. The summed E-state index contributed by atoms with van der Waals surface area (Å²) in [5, 5.41) is 32.0. The van der Waals surface area contributed by atoms with Crippen LogP contribution in [0.2, 0.25) is 59.4 Å². The molecule has 692 valence electrons. The number of likely N-dealkylation sites (N-methyl/N-ethyl adjacent to an activating group) is 1. The molecule has 29 nitrogen and oxygen atoms in total. The van der Waals surface area contributed by atoms with Gasteiger partial charge in [-0.1, -0.05) is 164 Å². The summed E-state index contributed by atoms with van der Waals surface area (Å²) >= 11 is 6.95. The number of rotatable bonds is 33. The van der Waals surface area contributed by atoms with Gasteiger partial charge in [0.05, 0.1) is 65.2 Å². The highest BCUT2D eigenvalue weighted by molar-refractivity contribution is 6.75. The molecular formula is C93H137ClN10O19Si3. The largest absolute Gasteiger partial charge is 0.495 e. The molecule has 0 spiro atoms. The fourth-order valence-electron chi connectivity index (χ4n) is 15.4. The first kappa shape index (κ1) is 101. The number of hydrogen-bond acceptors (Lipinski definition) is 20. The molecule has 2 saturated heterocycles. The lowest BCUT2D eigenvalue weighted by Crippen LogP contribution is -2.72. The molecule has 6 bridgehead atoms. The fraction of sp³-hybridized carbons (Fsp3) is 0.581. The van der Waals surface area contributed by atoms with Gasteiger partial charge >= 0.3 is 18.2 Å². The van der Waals surface area contributed by atoms with E-state index in [0.717, 1.165) is 44.4 Å². The lowest BCUT2D eigenvalue weighted by molar-refractivity contribution is -0.328. The fourth-order valence-corrected chi connectivity index (χ4v) is 18.8. The summed E-state index contributed by atoms with van der Waals surface area (Å²) in [4.78, 5) is 138. The standard InChI is InChI=1S/C93H137ClN10O19Si3/c1-62-32-31-39-75(105)93(115)55-77(122-86(113)96-93)92(13)61-91(12,123-92)76(54-80(108)99(16)73-51-64(50-62)52-74(116-18)84(73)94)121-85(112)63(2)98(15)79(107)41-42-101(44-47-118-124(19,20)88(3,4)5)82(110)58-103(46-49-120-126(23,24)90(9,10)11)83(111)59-102(45-48-119-125(21,22)89(6,7)8)81(109)56-95-78(106)40-43-104-66(53-65-33-25-30-38-72(65)104)57-97(14)100(17)87(114)117-60-71-69-36-28-26-34-67(69)68-35-27-29-37-70(68)71/h25-39,51-53,63,71,75-77,105,115H,40-50,54-61H2,1-24H3,(H,95,106)(H,96,113)/b39-31+,62-32+/t63-,75+,76-,77-,91+,92?,93-/m0/s1. The highest BCUT2D eigenvalue weighted by atomic mass is 35.5. The van der Waals surface area contributed by atoms with Gasteiger partial charge in [-0.25, -0.2) is 24.4 Å². The number of alkyl carbamates (subject to hydrolysis) is 1. The van der Waals surface area contributed by atoms with E-state index in [1.165, 1.54) is 63.7 Å². The molecule has 2 fully saturated rings. The second-order valence-corrected chi connectivity index (χ2v) is 53.9. The van der Waals surface area contributed by atoms with Crippen molar-refractivity contribution in [3.63, 3.8) is 0 Å². The van der Waals surface area contributed by atoms with E-state index in [1.807, 2.05) is 66.1 Å². The number of methoxy groups -OCH3 is 1. The molecule has 4 aliphatic heterocycles. The molecule has 0 saturated carbocycles. The van der Waals surface area contributed by atoms with Crippen LogP contribution < -0.4 is 20.3 Å². The number of fused-ring (bicyclic) bond motifs is 10. The van der Waals surface area contributed by atoms with E-state index in [-0.39, 0.29) is 129 Å². The van der Waals surface area contributed by atoms with Crippen LogP contribution in [0.3, 0.4) is 0 Å². The lowest BCUT2D eigenvalue weighted by Gasteiger charge is -2.59. The molecule has 1 aromatic heterocycles. The van der Waals surface area contributed by atoms with Crippen molar-refractivity contribution in [1.29, 1.82) is 0 Å². The van der Waals surface area contributed by atoms with Crippen LogP contribution in [0.1, 0.15) is 150 Å². The number of aliphatic hydroxyl groups is 2. The quantitative estimate of drug-likeness (QED) is 0.0131. The number of benzene rings is 4. The number of halogens is 1. The average molecular weight is 1820 g/mol. The Labute approximate surface area is 752 Å². The third-order valence-electron chi connectivity index (χ3n) is 26.8. The van der Waals surface area contributed by atoms with E-state index >= 15 is 9.59 Å². The zero-order valence-corrected chi connectivity index (χ0v) is 82.3. The molecule has 126 heavy (non-hydrogen) atoms. The molecule has 1 aliphatic carbocycles. The number of allylic oxidation sites excluding steroid dienone is 3. The summed E-state index contributed by atoms with van der Waals surface area (Å²) in [6.45, 7) is 36.8. The van der Waals surface area contributed by atoms with Gasteiger partial charge in [0.15, 0.2) is 30.7 Å². The highest BCUT2D eigenvalue weighted by Gasteiger charge is 2.63. The average Bonchev–Trinajstić information content (AvgIpc) is 0.989. The first-order chi connectivity index (χ1) is 58.6. The first-order valence-corrected chi connectivity index (χ1v) is 52.7. The van der Waals surface area contributed by atoms with Crippen molar-refractivity contribution in [2.75, 3.05) is 112 Å². The first-order valence-electron chi connectivity index (χ1n) is 43.6. The minimum atomic E-state index is -2.48. The number of nitrogens with zero attached hydrogens (tertiary/aromatic N) is 8. The Morgan fingerprint density at radius 3 is 1.81 bits per heavy atom. The van der Waals surface area contributed by atoms with Crippen molar-refractivity contribution >= 4 is 107 Å². The monoisotopic (exact) mass is 1820 g/mol. The van der Waals surface area contributed by atoms with Crippen LogP contribution in [0, 0.1) is 0 Å². The van der Waals surface area contributed by atoms with Crippen molar-refractivity contribution in [3.8, 4) is 16.9 Å². The second kappa shape index (κ2) is 40.9. The normalized spacial score (nSPS) is 21.0. The van der Waals surface area contributed by atoms with Crippen LogP contribution in [-0.2, 0) is 85.3 Å². The summed E-state index contributed by atoms with van der Waals surface area (Å²) in [7, 11) is 0.454. The third kappa shape index (κ3) is 24.4. The number of hydrazine groups is 1. The van der Waals surface area contributed by atoms with Crippen LogP contribution in [0.25, 0.3) is 22.0 Å². The Morgan fingerprint density at radius 1 is 0.714 bits per heavy atom. The Kier molecular flexibility index (Phi) is 32.8. The van der Waals surface area contributed by atoms with Crippen LogP contribution in [0.5, 0.6) is 5.75 Å². The predicted octanol–water partition coefficient (Wildman–Crippen LogP) is 13.3. The van der Waals surface area contributed by atoms with Crippen molar-refractivity contribution < 1.29 is 90.3 Å². The van der Waals surface area contributed by atoms with Crippen molar-refractivity contribution in [3.05, 3.63) is 142 Å². The minimum absolute atomic E-state index is 0.00391. The van der Waals surface area contributed by atoms with E-state index in [2.05, 4.69) is 136 Å². The van der Waals surface area contributed by atoms with Crippen LogP contribution in [0.4, 0.5) is 15.3 Å². The molecule has 1 unspecified atom stereocenters. The maximum atomic E-state index is 15.4. The lowest BCUT2D eigenvalue weighted by atomic mass is 9.72. The number of aryl methyl sites for hydroxylation is 1. The number of ether oxygens (including phenoxy) is 5. The van der Waals surface area contributed by atoms with Gasteiger partial charge < -0.3 is 81.6 Å². The van der Waals surface area contributed by atoms with Gasteiger partial charge in [0, 0.05) is 104 Å². The molecule has 4 N–H and O–H groups in total. The van der Waals surface area contributed by atoms with Crippen molar-refractivity contribution in [2.45, 2.75) is 243 Å². The van der Waals surface area contributed by atoms with Gasteiger partial charge in [-0.15, -0.1) is 0 Å². The molecule has 4 aromatic carbocycles. The van der Waals surface area contributed by atoms with Crippen molar-refractivity contribution in [2.24, 2.45) is 0 Å². The zero-order chi connectivity index (χ0) is 93.4. The number of aromatic nitrogens is 1. The van der Waals surface area contributed by atoms with E-state index in [9.17, 15) is 43.8 Å². The third-order valence-corrected chi connectivity index (χ3v) is 40.8. The van der Waals surface area contributed by atoms with Gasteiger partial charge in [0.1, 0.15) is 52.9 Å². The number of aliphatic hydroxyl groups excluding tert-OH is 1. The van der Waals surface area contributed by atoms with Gasteiger partial charge in [0.25, 0.3) is 0 Å². The number of carbonyl (C=O) groups is 9. The number of nitrogens with one attached hydrogen (secondary N) is 2. The maximum Gasteiger partial charge on any atom is 0.424 e. The Morgan fingerprint density at radius 2 is 1.25 bits per heavy atom. The van der Waals surface area contributed by atoms with Gasteiger partial charge in [-0.2, -0.15) is 0 Å². The van der Waals surface area contributed by atoms with Crippen molar-refractivity contribution in [1.82, 2.24) is 44.8 Å². The number of anilines is 1. The molecule has 5 aromatic rings. The summed E-state index contributed by atoms with van der Waals surface area (Å²) in [5.74, 6) is -4.07. The van der Waals surface area contributed by atoms with E-state index in [4.69, 9.17) is 48.6 Å². The molecule has 33 heteroatoms. The minimum Gasteiger partial charge on any atom is -0.495 e. The van der Waals surface area contributed by atoms with Crippen LogP contribution >= 0.6 is 11.6 Å². The van der Waals surface area contributed by atoms with Gasteiger partial charge in [-0.05, 0) is 146 Å². The number of hydrogen-bond donors (Lipinski definition) is 4. The van der Waals surface area contributed by atoms with Gasteiger partial charge in [-0.3, -0.25) is 34.1 Å². The topological polar surface area (TPSA) is 320 Å². The van der Waals surface area contributed by atoms with Gasteiger partial charge in [0.2, 0.25) is 35.4 Å². The van der Waals surface area contributed by atoms with E-state index in [0.29, 0.717) is 12.0 Å². The highest BCUT2D eigenvalue weighted by Crippen LogP contribution is 2.52. The van der Waals surface area contributed by atoms with Crippen LogP contribution in [-0.4, -0.2) is 272 Å².